The van der Waals surface area contributed by atoms with Gasteiger partial charge in [-0.3, -0.25) is 0 Å². The van der Waals surface area contributed by atoms with E-state index in [1.54, 1.807) is 13.3 Å². The number of piperidine rings is 1. The Morgan fingerprint density at radius 2 is 2.13 bits per heavy atom. The van der Waals surface area contributed by atoms with E-state index in [0.717, 1.165) is 63.6 Å². The molecule has 2 fully saturated rings. The maximum absolute atomic E-state index is 6.16. The van der Waals surface area contributed by atoms with Crippen molar-refractivity contribution in [1.29, 1.82) is 0 Å². The van der Waals surface area contributed by atoms with E-state index in [2.05, 4.69) is 22.1 Å². The van der Waals surface area contributed by atoms with Crippen LogP contribution < -0.4 is 10.1 Å². The van der Waals surface area contributed by atoms with E-state index in [9.17, 15) is 0 Å². The summed E-state index contributed by atoms with van der Waals surface area (Å²) in [6.45, 7) is 7.94. The minimum atomic E-state index is 0.283. The zero-order valence-corrected chi connectivity index (χ0v) is 19.1. The molecule has 2 aliphatic rings. The maximum atomic E-state index is 6.16. The number of ether oxygens (including phenoxy) is 4. The van der Waals surface area contributed by atoms with E-state index in [-0.39, 0.29) is 6.10 Å². The van der Waals surface area contributed by atoms with Crippen LogP contribution in [0.1, 0.15) is 44.6 Å². The van der Waals surface area contributed by atoms with E-state index < -0.39 is 0 Å². The molecule has 0 aliphatic carbocycles. The van der Waals surface area contributed by atoms with E-state index in [0.29, 0.717) is 31.7 Å². The van der Waals surface area contributed by atoms with E-state index in [1.165, 1.54) is 12.8 Å². The van der Waals surface area contributed by atoms with Gasteiger partial charge in [0.2, 0.25) is 5.88 Å². The molecule has 8 heteroatoms. The Labute approximate surface area is 186 Å². The standard InChI is InChI=1S/C23H38N4O4/c1-3-24-23(26-17-19-7-6-11-25-22(19)30-16-15-28-2)27-12-9-20(10-13-27)31-18-21-8-4-5-14-29-21/h6-7,11,20-21H,3-5,8-10,12-18H2,1-2H3,(H,24,26). The molecular weight excluding hydrogens is 396 g/mol. The molecule has 1 N–H and O–H groups in total. The molecule has 0 spiro atoms. The predicted octanol–water partition coefficient (Wildman–Crippen LogP) is 2.62. The number of nitrogens with one attached hydrogen (secondary N) is 1. The number of pyridine rings is 1. The Hall–Kier alpha value is -1.90. The molecule has 1 aromatic rings. The number of methoxy groups -OCH3 is 1. The van der Waals surface area contributed by atoms with Crippen LogP contribution in [-0.2, 0) is 20.8 Å². The molecule has 3 rings (SSSR count). The highest BCUT2D eigenvalue weighted by atomic mass is 16.5. The van der Waals surface area contributed by atoms with E-state index in [4.69, 9.17) is 23.9 Å². The third-order valence-corrected chi connectivity index (χ3v) is 5.64. The van der Waals surface area contributed by atoms with Gasteiger partial charge in [-0.1, -0.05) is 6.07 Å². The van der Waals surface area contributed by atoms with Crippen molar-refractivity contribution in [2.24, 2.45) is 4.99 Å². The first-order valence-electron chi connectivity index (χ1n) is 11.6. The smallest absolute Gasteiger partial charge is 0.218 e. The summed E-state index contributed by atoms with van der Waals surface area (Å²) in [6, 6.07) is 3.93. The van der Waals surface area contributed by atoms with Crippen LogP contribution in [0.15, 0.2) is 23.3 Å². The summed E-state index contributed by atoms with van der Waals surface area (Å²) in [6.07, 6.45) is 7.91. The molecule has 1 unspecified atom stereocenters. The molecule has 0 bridgehead atoms. The lowest BCUT2D eigenvalue weighted by Crippen LogP contribution is -2.47. The minimum Gasteiger partial charge on any atom is -0.475 e. The van der Waals surface area contributed by atoms with E-state index in [1.807, 2.05) is 12.1 Å². The van der Waals surface area contributed by atoms with Gasteiger partial charge in [-0.2, -0.15) is 0 Å². The minimum absolute atomic E-state index is 0.283. The fourth-order valence-electron chi connectivity index (χ4n) is 3.90. The second-order valence-electron chi connectivity index (χ2n) is 7.99. The van der Waals surface area contributed by atoms with Crippen LogP contribution in [0.4, 0.5) is 0 Å². The molecular formula is C23H38N4O4. The Kier molecular flexibility index (Phi) is 10.3. The van der Waals surface area contributed by atoms with Gasteiger partial charge in [0, 0.05) is 45.1 Å². The Balaban J connectivity index is 1.50. The van der Waals surface area contributed by atoms with Crippen molar-refractivity contribution in [3.63, 3.8) is 0 Å². The van der Waals surface area contributed by atoms with Crippen molar-refractivity contribution in [2.45, 2.75) is 57.8 Å². The summed E-state index contributed by atoms with van der Waals surface area (Å²) in [4.78, 5) is 11.5. The van der Waals surface area contributed by atoms with Crippen LogP contribution in [0.2, 0.25) is 0 Å². The van der Waals surface area contributed by atoms with Gasteiger partial charge in [0.1, 0.15) is 6.61 Å². The third-order valence-electron chi connectivity index (χ3n) is 5.64. The first-order valence-corrected chi connectivity index (χ1v) is 11.6. The molecule has 0 saturated carbocycles. The van der Waals surface area contributed by atoms with Crippen LogP contribution in [0, 0.1) is 0 Å². The number of nitrogens with zero attached hydrogens (tertiary/aromatic N) is 3. The number of rotatable bonds is 10. The fraction of sp³-hybridized carbons (Fsp3) is 0.739. The van der Waals surface area contributed by atoms with Gasteiger partial charge >= 0.3 is 0 Å². The summed E-state index contributed by atoms with van der Waals surface area (Å²) in [5.41, 5.74) is 0.972. The second kappa shape index (κ2) is 13.5. The van der Waals surface area contributed by atoms with Gasteiger partial charge in [-0.25, -0.2) is 9.98 Å². The SMILES string of the molecule is CCNC(=NCc1cccnc1OCCOC)N1CCC(OCC2CCCCO2)CC1. The van der Waals surface area contributed by atoms with Gasteiger partial charge in [-0.15, -0.1) is 0 Å². The molecule has 1 atom stereocenters. The van der Waals surface area contributed by atoms with E-state index >= 15 is 0 Å². The molecule has 174 valence electrons. The number of aromatic nitrogens is 1. The zero-order valence-electron chi connectivity index (χ0n) is 19.1. The molecule has 0 radical (unpaired) electrons. The van der Waals surface area contributed by atoms with Gasteiger partial charge in [0.15, 0.2) is 5.96 Å². The molecule has 8 nitrogen and oxygen atoms in total. The van der Waals surface area contributed by atoms with Gasteiger partial charge in [-0.05, 0) is 45.1 Å². The lowest BCUT2D eigenvalue weighted by Gasteiger charge is -2.35. The summed E-state index contributed by atoms with van der Waals surface area (Å²) < 4.78 is 22.7. The molecule has 31 heavy (non-hydrogen) atoms. The largest absolute Gasteiger partial charge is 0.475 e. The maximum Gasteiger partial charge on any atom is 0.218 e. The van der Waals surface area contributed by atoms with Crippen molar-refractivity contribution in [2.75, 3.05) is 53.2 Å². The Morgan fingerprint density at radius 1 is 1.26 bits per heavy atom. The predicted molar refractivity (Wildman–Crippen MR) is 121 cm³/mol. The number of aliphatic imine (C=N–C) groups is 1. The van der Waals surface area contributed by atoms with Crippen molar-refractivity contribution in [3.8, 4) is 5.88 Å². The topological polar surface area (TPSA) is 77.4 Å². The van der Waals surface area contributed by atoms with Crippen LogP contribution in [0.5, 0.6) is 5.88 Å². The van der Waals surface area contributed by atoms with Crippen LogP contribution in [0.3, 0.4) is 0 Å². The number of likely N-dealkylation sites (tertiary alicyclic amines) is 1. The quantitative estimate of drug-likeness (QED) is 0.345. The molecule has 1 aromatic heterocycles. The van der Waals surface area contributed by atoms with Gasteiger partial charge < -0.3 is 29.2 Å². The summed E-state index contributed by atoms with van der Waals surface area (Å²) in [5.74, 6) is 1.56. The number of hydrogen-bond donors (Lipinski definition) is 1. The Morgan fingerprint density at radius 3 is 2.87 bits per heavy atom. The summed E-state index contributed by atoms with van der Waals surface area (Å²) in [7, 11) is 1.66. The zero-order chi connectivity index (χ0) is 21.7. The highest BCUT2D eigenvalue weighted by Gasteiger charge is 2.24. The van der Waals surface area contributed by atoms with Crippen LogP contribution >= 0.6 is 0 Å². The van der Waals surface area contributed by atoms with Crippen molar-refractivity contribution in [1.82, 2.24) is 15.2 Å². The molecule has 2 saturated heterocycles. The molecule has 0 amide bonds. The molecule has 3 heterocycles. The lowest BCUT2D eigenvalue weighted by atomic mass is 10.1. The van der Waals surface area contributed by atoms with Gasteiger partial charge in [0.25, 0.3) is 0 Å². The molecule has 2 aliphatic heterocycles. The van der Waals surface area contributed by atoms with Crippen molar-refractivity contribution >= 4 is 5.96 Å². The summed E-state index contributed by atoms with van der Waals surface area (Å²) in [5, 5.41) is 3.43. The first kappa shape index (κ1) is 23.8. The highest BCUT2D eigenvalue weighted by Crippen LogP contribution is 2.19. The summed E-state index contributed by atoms with van der Waals surface area (Å²) >= 11 is 0. The van der Waals surface area contributed by atoms with Crippen molar-refractivity contribution < 1.29 is 18.9 Å². The average Bonchev–Trinajstić information content (AvgIpc) is 2.82. The highest BCUT2D eigenvalue weighted by molar-refractivity contribution is 5.80. The Bertz CT molecular complexity index is 659. The van der Waals surface area contributed by atoms with Crippen molar-refractivity contribution in [3.05, 3.63) is 23.9 Å². The monoisotopic (exact) mass is 434 g/mol. The number of guanidine groups is 1. The van der Waals surface area contributed by atoms with Gasteiger partial charge in [0.05, 0.1) is 32.0 Å². The van der Waals surface area contributed by atoms with Crippen LogP contribution in [0.25, 0.3) is 0 Å². The first-order chi connectivity index (χ1) is 15.3. The molecule has 0 aromatic carbocycles. The normalized spacial score (nSPS) is 20.6. The number of hydrogen-bond acceptors (Lipinski definition) is 6. The lowest BCUT2D eigenvalue weighted by molar-refractivity contribution is -0.0721. The second-order valence-corrected chi connectivity index (χ2v) is 7.99. The fourth-order valence-corrected chi connectivity index (χ4v) is 3.90. The average molecular weight is 435 g/mol. The van der Waals surface area contributed by atoms with Crippen LogP contribution in [-0.4, -0.2) is 81.2 Å². The third kappa shape index (κ3) is 7.94.